The first-order chi connectivity index (χ1) is 16.7. The Hall–Kier alpha value is -4.01. The highest BCUT2D eigenvalue weighted by Crippen LogP contribution is 2.37. The largest absolute Gasteiger partial charge is 0.490 e. The molecule has 34 heavy (non-hydrogen) atoms. The van der Waals surface area contributed by atoms with Crippen molar-refractivity contribution in [3.05, 3.63) is 106 Å². The second-order valence-electron chi connectivity index (χ2n) is 7.47. The summed E-state index contributed by atoms with van der Waals surface area (Å²) in [6.07, 6.45) is 1.55. The van der Waals surface area contributed by atoms with Crippen molar-refractivity contribution >= 4 is 28.6 Å². The normalized spacial score (nSPS) is 10.9. The fourth-order valence-corrected chi connectivity index (χ4v) is 3.87. The van der Waals surface area contributed by atoms with Gasteiger partial charge in [-0.25, -0.2) is 0 Å². The molecule has 0 N–H and O–H groups in total. The summed E-state index contributed by atoms with van der Waals surface area (Å²) < 4.78 is 11.9. The standard InChI is InChI=1S/C28H23ClN2O3/c1-2-32-27-15-20(17-31-34-19-23-10-4-3-9-22(23)16-30)14-26(29)28(27)33-18-24-12-7-11-21-8-5-6-13-25(21)24/h3-15,17H,2,18-19H2,1H3/b31-17-. The molecule has 0 heterocycles. The lowest BCUT2D eigenvalue weighted by Crippen LogP contribution is -2.02. The molecule has 5 nitrogen and oxygen atoms in total. The number of halogens is 1. The van der Waals surface area contributed by atoms with E-state index in [2.05, 4.69) is 29.4 Å². The maximum absolute atomic E-state index is 9.17. The van der Waals surface area contributed by atoms with Crippen LogP contribution in [0.3, 0.4) is 0 Å². The van der Waals surface area contributed by atoms with Crippen molar-refractivity contribution in [2.45, 2.75) is 20.1 Å². The smallest absolute Gasteiger partial charge is 0.180 e. The van der Waals surface area contributed by atoms with Crippen molar-refractivity contribution in [2.24, 2.45) is 5.16 Å². The van der Waals surface area contributed by atoms with E-state index < -0.39 is 0 Å². The Morgan fingerprint density at radius 1 is 0.912 bits per heavy atom. The molecule has 0 radical (unpaired) electrons. The molecule has 4 aromatic carbocycles. The summed E-state index contributed by atoms with van der Waals surface area (Å²) in [4.78, 5) is 5.39. The van der Waals surface area contributed by atoms with Crippen LogP contribution in [0.25, 0.3) is 10.8 Å². The van der Waals surface area contributed by atoms with Crippen LogP contribution in [-0.4, -0.2) is 12.8 Å². The molecule has 0 saturated heterocycles. The van der Waals surface area contributed by atoms with Gasteiger partial charge >= 0.3 is 0 Å². The highest BCUT2D eigenvalue weighted by molar-refractivity contribution is 6.32. The van der Waals surface area contributed by atoms with E-state index in [1.807, 2.05) is 55.5 Å². The molecule has 170 valence electrons. The van der Waals surface area contributed by atoms with Crippen LogP contribution < -0.4 is 9.47 Å². The molecule has 6 heteroatoms. The predicted molar refractivity (Wildman–Crippen MR) is 134 cm³/mol. The Kier molecular flexibility index (Phi) is 7.64. The number of nitrogens with zero attached hydrogens (tertiary/aromatic N) is 2. The number of nitriles is 1. The van der Waals surface area contributed by atoms with E-state index in [9.17, 15) is 5.26 Å². The SMILES string of the molecule is CCOc1cc(/C=N\OCc2ccccc2C#N)cc(Cl)c1OCc1cccc2ccccc12. The van der Waals surface area contributed by atoms with Crippen LogP contribution in [-0.2, 0) is 18.1 Å². The molecule has 4 aromatic rings. The Labute approximate surface area is 203 Å². The lowest BCUT2D eigenvalue weighted by atomic mass is 10.1. The average molecular weight is 471 g/mol. The third kappa shape index (κ3) is 5.48. The number of rotatable bonds is 9. The van der Waals surface area contributed by atoms with E-state index in [-0.39, 0.29) is 6.61 Å². The predicted octanol–water partition coefficient (Wildman–Crippen LogP) is 6.89. The van der Waals surface area contributed by atoms with Crippen LogP contribution in [0.5, 0.6) is 11.5 Å². The molecule has 0 amide bonds. The number of hydrogen-bond donors (Lipinski definition) is 0. The summed E-state index contributed by atoms with van der Waals surface area (Å²) in [5, 5.41) is 15.9. The van der Waals surface area contributed by atoms with Gasteiger partial charge in [0, 0.05) is 11.1 Å². The van der Waals surface area contributed by atoms with Gasteiger partial charge in [-0.1, -0.05) is 77.4 Å². The van der Waals surface area contributed by atoms with E-state index in [0.717, 1.165) is 21.9 Å². The van der Waals surface area contributed by atoms with Crippen LogP contribution in [0.2, 0.25) is 5.02 Å². The van der Waals surface area contributed by atoms with Gasteiger partial charge in [-0.15, -0.1) is 0 Å². The van der Waals surface area contributed by atoms with Gasteiger partial charge in [0.1, 0.15) is 13.2 Å². The Balaban J connectivity index is 1.49. The maximum atomic E-state index is 9.17. The van der Waals surface area contributed by atoms with Crippen LogP contribution in [0.1, 0.15) is 29.2 Å². The first-order valence-electron chi connectivity index (χ1n) is 10.9. The van der Waals surface area contributed by atoms with Crippen molar-refractivity contribution in [1.82, 2.24) is 0 Å². The van der Waals surface area contributed by atoms with Gasteiger partial charge in [-0.2, -0.15) is 5.26 Å². The molecule has 0 bridgehead atoms. The number of fused-ring (bicyclic) bond motifs is 1. The summed E-state index contributed by atoms with van der Waals surface area (Å²) >= 11 is 6.56. The molecule has 0 spiro atoms. The molecule has 0 saturated carbocycles. The number of ether oxygens (including phenoxy) is 2. The zero-order chi connectivity index (χ0) is 23.8. The molecule has 0 atom stereocenters. The number of oxime groups is 1. The summed E-state index contributed by atoms with van der Waals surface area (Å²) in [7, 11) is 0. The van der Waals surface area contributed by atoms with Gasteiger partial charge in [-0.3, -0.25) is 0 Å². The lowest BCUT2D eigenvalue weighted by molar-refractivity contribution is 0.132. The van der Waals surface area contributed by atoms with Crippen molar-refractivity contribution < 1.29 is 14.3 Å². The third-order valence-electron chi connectivity index (χ3n) is 5.22. The molecule has 0 aromatic heterocycles. The summed E-state index contributed by atoms with van der Waals surface area (Å²) in [6.45, 7) is 2.91. The minimum atomic E-state index is 0.193. The zero-order valence-electron chi connectivity index (χ0n) is 18.7. The second kappa shape index (κ2) is 11.2. The molecule has 0 fully saturated rings. The van der Waals surface area contributed by atoms with Gasteiger partial charge in [-0.05, 0) is 41.5 Å². The fourth-order valence-electron chi connectivity index (χ4n) is 3.59. The average Bonchev–Trinajstić information content (AvgIpc) is 2.86. The van der Waals surface area contributed by atoms with Gasteiger partial charge in [0.05, 0.1) is 29.5 Å². The molecule has 4 rings (SSSR count). The lowest BCUT2D eigenvalue weighted by Gasteiger charge is -2.15. The van der Waals surface area contributed by atoms with Gasteiger partial charge in [0.15, 0.2) is 11.5 Å². The summed E-state index contributed by atoms with van der Waals surface area (Å²) in [5.41, 5.74) is 3.10. The third-order valence-corrected chi connectivity index (χ3v) is 5.50. The van der Waals surface area contributed by atoms with Gasteiger partial charge in [0.25, 0.3) is 0 Å². The van der Waals surface area contributed by atoms with Crippen LogP contribution in [0, 0.1) is 11.3 Å². The molecule has 0 unspecified atom stereocenters. The Morgan fingerprint density at radius 3 is 2.53 bits per heavy atom. The molecule has 0 aliphatic carbocycles. The summed E-state index contributed by atoms with van der Waals surface area (Å²) in [6, 6.07) is 27.3. The van der Waals surface area contributed by atoms with Crippen LogP contribution >= 0.6 is 11.6 Å². The van der Waals surface area contributed by atoms with E-state index in [1.54, 1.807) is 18.3 Å². The first-order valence-corrected chi connectivity index (χ1v) is 11.3. The van der Waals surface area contributed by atoms with E-state index in [0.29, 0.717) is 40.9 Å². The quantitative estimate of drug-likeness (QED) is 0.197. The zero-order valence-corrected chi connectivity index (χ0v) is 19.5. The van der Waals surface area contributed by atoms with Crippen molar-refractivity contribution in [1.29, 1.82) is 5.26 Å². The van der Waals surface area contributed by atoms with E-state index in [4.69, 9.17) is 25.9 Å². The monoisotopic (exact) mass is 470 g/mol. The minimum absolute atomic E-state index is 0.193. The number of benzene rings is 4. The van der Waals surface area contributed by atoms with Crippen molar-refractivity contribution in [3.63, 3.8) is 0 Å². The van der Waals surface area contributed by atoms with Crippen molar-refractivity contribution in [2.75, 3.05) is 6.61 Å². The first kappa shape index (κ1) is 23.2. The van der Waals surface area contributed by atoms with Gasteiger partial charge < -0.3 is 14.3 Å². The maximum Gasteiger partial charge on any atom is 0.180 e. The van der Waals surface area contributed by atoms with Crippen molar-refractivity contribution in [3.8, 4) is 17.6 Å². The highest BCUT2D eigenvalue weighted by atomic mass is 35.5. The minimum Gasteiger partial charge on any atom is -0.490 e. The molecular formula is C28H23ClN2O3. The van der Waals surface area contributed by atoms with Gasteiger partial charge in [0.2, 0.25) is 0 Å². The molecular weight excluding hydrogens is 448 g/mol. The summed E-state index contributed by atoms with van der Waals surface area (Å²) in [5.74, 6) is 1.02. The molecule has 0 aliphatic heterocycles. The Bertz CT molecular complexity index is 1360. The second-order valence-corrected chi connectivity index (χ2v) is 7.87. The topological polar surface area (TPSA) is 63.8 Å². The fraction of sp³-hybridized carbons (Fsp3) is 0.143. The van der Waals surface area contributed by atoms with Crippen LogP contribution in [0.15, 0.2) is 84.0 Å². The highest BCUT2D eigenvalue weighted by Gasteiger charge is 2.13. The number of hydrogen-bond acceptors (Lipinski definition) is 5. The molecule has 0 aliphatic rings. The van der Waals surface area contributed by atoms with Crippen LogP contribution in [0.4, 0.5) is 0 Å². The van der Waals surface area contributed by atoms with E-state index in [1.165, 1.54) is 0 Å². The Morgan fingerprint density at radius 2 is 1.68 bits per heavy atom. The van der Waals surface area contributed by atoms with E-state index >= 15 is 0 Å².